The van der Waals surface area contributed by atoms with Crippen molar-refractivity contribution in [2.45, 2.75) is 25.3 Å². The maximum Gasteiger partial charge on any atom is 0.339 e. The molecular weight excluding hydrogens is 300 g/mol. The first kappa shape index (κ1) is 17.2. The molecule has 0 spiro atoms. The summed E-state index contributed by atoms with van der Waals surface area (Å²) in [6.07, 6.45) is 2.44. The van der Waals surface area contributed by atoms with Gasteiger partial charge in [-0.15, -0.1) is 0 Å². The normalized spacial score (nSPS) is 11.9. The Balaban J connectivity index is 3.37. The van der Waals surface area contributed by atoms with E-state index in [0.29, 0.717) is 31.8 Å². The van der Waals surface area contributed by atoms with Gasteiger partial charge >= 0.3 is 22.8 Å². The highest BCUT2D eigenvalue weighted by Crippen LogP contribution is 2.20. The minimum absolute atomic E-state index is 0.0731. The minimum Gasteiger partial charge on any atom is -0.480 e. The Hall–Kier alpha value is -2.82. The molecule has 0 aliphatic carbocycles. The average molecular weight is 314 g/mol. The summed E-state index contributed by atoms with van der Waals surface area (Å²) in [7, 11) is 0. The lowest BCUT2D eigenvalue weighted by Gasteiger charge is -2.15. The highest BCUT2D eigenvalue weighted by atomic mass is 16.6. The van der Waals surface area contributed by atoms with E-state index in [-0.39, 0.29) is 6.42 Å². The van der Waals surface area contributed by atoms with Crippen molar-refractivity contribution in [3.05, 3.63) is 42.8 Å². The summed E-state index contributed by atoms with van der Waals surface area (Å²) in [4.78, 5) is 42.3. The number of carbonyl (C=O) groups is 1. The van der Waals surface area contributed by atoms with Crippen LogP contribution < -0.4 is 11.2 Å². The number of aliphatic carboxylic acids is 1. The Morgan fingerprint density at radius 1 is 1.23 bits per heavy atom. The Morgan fingerprint density at radius 3 is 2.09 bits per heavy atom. The number of pyridine rings is 1. The first-order valence-electron chi connectivity index (χ1n) is 6.27. The van der Waals surface area contributed by atoms with Crippen LogP contribution in [0.2, 0.25) is 0 Å². The van der Waals surface area contributed by atoms with Crippen LogP contribution in [0.3, 0.4) is 0 Å². The monoisotopic (exact) mass is 314 g/mol. The fourth-order valence-corrected chi connectivity index (χ4v) is 1.89. The number of carboxylic acid groups (broad SMARTS) is 1. The molecule has 0 unspecified atom stereocenters. The fraction of sp³-hybridized carbons (Fsp3) is 0.455. The van der Waals surface area contributed by atoms with Crippen LogP contribution >= 0.6 is 0 Å². The first-order valence-corrected chi connectivity index (χ1v) is 6.27. The summed E-state index contributed by atoms with van der Waals surface area (Å²) >= 11 is 0. The summed E-state index contributed by atoms with van der Waals surface area (Å²) in [5, 5.41) is 30.8. The highest BCUT2D eigenvalue weighted by molar-refractivity contribution is 5.72. The molecule has 11 heteroatoms. The van der Waals surface area contributed by atoms with Gasteiger partial charge in [0.15, 0.2) is 0 Å². The zero-order valence-corrected chi connectivity index (χ0v) is 11.4. The largest absolute Gasteiger partial charge is 0.480 e. The molecule has 0 saturated carbocycles. The van der Waals surface area contributed by atoms with Gasteiger partial charge in [0.05, 0.1) is 22.2 Å². The number of unbranched alkanes of at least 4 members (excludes halogenated alkanes) is 1. The zero-order valence-electron chi connectivity index (χ0n) is 11.4. The van der Waals surface area contributed by atoms with E-state index in [0.717, 1.165) is 4.57 Å². The Bertz CT molecular complexity index is 616. The third-order valence-electron chi connectivity index (χ3n) is 2.98. The molecule has 0 aliphatic rings. The minimum atomic E-state index is -1.36. The number of nitrogens with zero attached hydrogens (tertiary/aromatic N) is 3. The summed E-state index contributed by atoms with van der Waals surface area (Å²) in [5.74, 6) is -1.32. The Morgan fingerprint density at radius 2 is 1.73 bits per heavy atom. The zero-order chi connectivity index (χ0) is 16.9. The molecule has 1 atom stereocenters. The molecule has 22 heavy (non-hydrogen) atoms. The molecule has 3 N–H and O–H groups in total. The van der Waals surface area contributed by atoms with E-state index in [1.807, 2.05) is 0 Å². The lowest BCUT2D eigenvalue weighted by Crippen LogP contribution is -2.23. The lowest BCUT2D eigenvalue weighted by atomic mass is 10.1. The standard InChI is InChI=1S/C11H14N4O7/c12-4-2-1-3-7(11(17)18)13-5-8(14(19)20)10(16)9(6-13)15(21)22/h5-7H,1-4,12H2,(H,17,18)/t7-/m0/s1. The summed E-state index contributed by atoms with van der Waals surface area (Å²) in [6.45, 7) is 0.344. The Kier molecular flexibility index (Phi) is 5.69. The van der Waals surface area contributed by atoms with Crippen molar-refractivity contribution in [2.75, 3.05) is 6.54 Å². The van der Waals surface area contributed by atoms with Crippen molar-refractivity contribution in [2.24, 2.45) is 5.73 Å². The molecule has 1 aromatic heterocycles. The van der Waals surface area contributed by atoms with Gasteiger partial charge in [0.25, 0.3) is 0 Å². The molecule has 11 nitrogen and oxygen atoms in total. The molecule has 0 amide bonds. The molecule has 0 bridgehead atoms. The third kappa shape index (κ3) is 3.85. The molecular formula is C11H14N4O7. The van der Waals surface area contributed by atoms with Crippen molar-refractivity contribution >= 4 is 17.3 Å². The maximum absolute atomic E-state index is 11.6. The van der Waals surface area contributed by atoms with E-state index in [1.54, 1.807) is 0 Å². The van der Waals surface area contributed by atoms with Crippen molar-refractivity contribution in [3.8, 4) is 0 Å². The predicted octanol–water partition coefficient (Wildman–Crippen LogP) is 0.419. The van der Waals surface area contributed by atoms with Crippen molar-refractivity contribution in [1.82, 2.24) is 4.57 Å². The molecule has 0 aromatic carbocycles. The number of nitro groups is 2. The second-order valence-corrected chi connectivity index (χ2v) is 4.46. The highest BCUT2D eigenvalue weighted by Gasteiger charge is 2.28. The summed E-state index contributed by atoms with van der Waals surface area (Å²) < 4.78 is 0.816. The number of rotatable bonds is 8. The van der Waals surface area contributed by atoms with Gasteiger partial charge in [0.2, 0.25) is 0 Å². The number of hydrogen-bond donors (Lipinski definition) is 2. The molecule has 1 aromatic rings. The van der Waals surface area contributed by atoms with Crippen LogP contribution in [0, 0.1) is 20.2 Å². The SMILES string of the molecule is NCCCC[C@@H](C(=O)O)n1cc([N+](=O)[O-])c(=O)c([N+](=O)[O-])c1. The molecule has 0 radical (unpaired) electrons. The van der Waals surface area contributed by atoms with Crippen LogP contribution in [0.25, 0.3) is 0 Å². The van der Waals surface area contributed by atoms with Crippen LogP contribution in [-0.4, -0.2) is 32.0 Å². The first-order chi connectivity index (χ1) is 10.3. The van der Waals surface area contributed by atoms with E-state index < -0.39 is 38.7 Å². The molecule has 120 valence electrons. The molecule has 0 aliphatic heterocycles. The van der Waals surface area contributed by atoms with Crippen molar-refractivity contribution < 1.29 is 19.7 Å². The van der Waals surface area contributed by atoms with E-state index in [9.17, 15) is 34.9 Å². The van der Waals surface area contributed by atoms with Crippen molar-refractivity contribution in [1.29, 1.82) is 0 Å². The quantitative estimate of drug-likeness (QED) is 0.394. The van der Waals surface area contributed by atoms with Gasteiger partial charge in [-0.3, -0.25) is 25.0 Å². The van der Waals surface area contributed by atoms with Crippen LogP contribution in [0.4, 0.5) is 11.4 Å². The number of hydrogen-bond acceptors (Lipinski definition) is 7. The molecule has 1 rings (SSSR count). The smallest absolute Gasteiger partial charge is 0.339 e. The van der Waals surface area contributed by atoms with Gasteiger partial charge < -0.3 is 15.4 Å². The van der Waals surface area contributed by atoms with E-state index in [4.69, 9.17) is 5.73 Å². The summed E-state index contributed by atoms with van der Waals surface area (Å²) in [5.41, 5.74) is 1.85. The Labute approximate surface area is 123 Å². The van der Waals surface area contributed by atoms with Gasteiger partial charge in [-0.05, 0) is 25.8 Å². The third-order valence-corrected chi connectivity index (χ3v) is 2.98. The van der Waals surface area contributed by atoms with Gasteiger partial charge in [-0.1, -0.05) is 0 Å². The van der Waals surface area contributed by atoms with E-state index in [1.165, 1.54) is 0 Å². The van der Waals surface area contributed by atoms with Crippen LogP contribution in [0.1, 0.15) is 25.3 Å². The molecule has 1 heterocycles. The van der Waals surface area contributed by atoms with Crippen LogP contribution in [-0.2, 0) is 4.79 Å². The van der Waals surface area contributed by atoms with Crippen molar-refractivity contribution in [3.63, 3.8) is 0 Å². The van der Waals surface area contributed by atoms with Gasteiger partial charge in [-0.25, -0.2) is 4.79 Å². The second-order valence-electron chi connectivity index (χ2n) is 4.46. The van der Waals surface area contributed by atoms with Crippen LogP contribution in [0.5, 0.6) is 0 Å². The number of carboxylic acids is 1. The molecule has 0 fully saturated rings. The number of nitrogens with two attached hydrogens (primary N) is 1. The fourth-order valence-electron chi connectivity index (χ4n) is 1.89. The topological polar surface area (TPSA) is 172 Å². The van der Waals surface area contributed by atoms with Gasteiger partial charge in [-0.2, -0.15) is 0 Å². The van der Waals surface area contributed by atoms with E-state index in [2.05, 4.69) is 0 Å². The molecule has 0 saturated heterocycles. The maximum atomic E-state index is 11.6. The second kappa shape index (κ2) is 7.26. The summed E-state index contributed by atoms with van der Waals surface area (Å²) in [6, 6.07) is -1.26. The van der Waals surface area contributed by atoms with Gasteiger partial charge in [0.1, 0.15) is 6.04 Å². The van der Waals surface area contributed by atoms with Gasteiger partial charge in [0, 0.05) is 0 Å². The predicted molar refractivity (Wildman–Crippen MR) is 73.6 cm³/mol. The average Bonchev–Trinajstić information content (AvgIpc) is 2.43. The van der Waals surface area contributed by atoms with E-state index >= 15 is 0 Å². The number of aromatic nitrogens is 1. The van der Waals surface area contributed by atoms with Crippen LogP contribution in [0.15, 0.2) is 17.2 Å². The lowest BCUT2D eigenvalue weighted by molar-refractivity contribution is -0.397.